The van der Waals surface area contributed by atoms with Gasteiger partial charge in [-0.15, -0.1) is 11.3 Å². The lowest BCUT2D eigenvalue weighted by Crippen LogP contribution is -2.36. The summed E-state index contributed by atoms with van der Waals surface area (Å²) in [6.07, 6.45) is 8.14. The van der Waals surface area contributed by atoms with Crippen molar-refractivity contribution >= 4 is 17.2 Å². The molecule has 4 nitrogen and oxygen atoms in total. The third-order valence-corrected chi connectivity index (χ3v) is 6.44. The van der Waals surface area contributed by atoms with Gasteiger partial charge in [0.1, 0.15) is 11.9 Å². The summed E-state index contributed by atoms with van der Waals surface area (Å²) in [6, 6.07) is 5.78. The lowest BCUT2D eigenvalue weighted by Gasteiger charge is -2.25. The van der Waals surface area contributed by atoms with Gasteiger partial charge >= 0.3 is 0 Å². The zero-order chi connectivity index (χ0) is 16.5. The number of likely N-dealkylation sites (tertiary alicyclic amines) is 1. The van der Waals surface area contributed by atoms with Crippen molar-refractivity contribution < 1.29 is 14.3 Å². The summed E-state index contributed by atoms with van der Waals surface area (Å²) < 4.78 is 5.29. The van der Waals surface area contributed by atoms with E-state index in [1.165, 1.54) is 23.3 Å². The molecule has 1 amide bonds. The predicted octanol–water partition coefficient (Wildman–Crippen LogP) is 3.95. The molecular weight excluding hydrogens is 322 g/mol. The number of hydrogen-bond acceptors (Lipinski definition) is 4. The fourth-order valence-corrected chi connectivity index (χ4v) is 5.15. The summed E-state index contributed by atoms with van der Waals surface area (Å²) in [5, 5.41) is 10.3. The molecule has 1 saturated heterocycles. The minimum absolute atomic E-state index is 0.0942. The van der Waals surface area contributed by atoms with Crippen LogP contribution in [0.3, 0.4) is 0 Å². The zero-order valence-electron chi connectivity index (χ0n) is 13.7. The SMILES string of the molecule is O=C(c1cc2c(s1)CCCC2)N1CCCC1CC(O)c1ccco1. The molecule has 0 radical (unpaired) electrons. The first-order chi connectivity index (χ1) is 11.7. The Labute approximate surface area is 146 Å². The van der Waals surface area contributed by atoms with E-state index >= 15 is 0 Å². The van der Waals surface area contributed by atoms with Crippen LogP contribution in [-0.2, 0) is 12.8 Å². The van der Waals surface area contributed by atoms with E-state index in [-0.39, 0.29) is 11.9 Å². The monoisotopic (exact) mass is 345 g/mol. The van der Waals surface area contributed by atoms with Crippen LogP contribution in [-0.4, -0.2) is 28.5 Å². The highest BCUT2D eigenvalue weighted by atomic mass is 32.1. The van der Waals surface area contributed by atoms with Gasteiger partial charge in [-0.05, 0) is 62.3 Å². The Morgan fingerprint density at radius 3 is 3.04 bits per heavy atom. The molecule has 128 valence electrons. The Balaban J connectivity index is 1.47. The normalized spacial score (nSPS) is 21.7. The van der Waals surface area contributed by atoms with Gasteiger partial charge in [0.15, 0.2) is 0 Å². The second kappa shape index (κ2) is 6.73. The van der Waals surface area contributed by atoms with Crippen molar-refractivity contribution in [2.45, 2.75) is 57.1 Å². The van der Waals surface area contributed by atoms with Crippen LogP contribution in [0, 0.1) is 0 Å². The third-order valence-electron chi connectivity index (χ3n) is 5.21. The first-order valence-electron chi connectivity index (χ1n) is 8.86. The van der Waals surface area contributed by atoms with Crippen molar-refractivity contribution in [3.05, 3.63) is 45.5 Å². The molecule has 2 aliphatic rings. The molecule has 2 atom stereocenters. The third kappa shape index (κ3) is 3.03. The second-order valence-corrected chi connectivity index (χ2v) is 7.96. The quantitative estimate of drug-likeness (QED) is 0.913. The van der Waals surface area contributed by atoms with Crippen LogP contribution < -0.4 is 0 Å². The maximum Gasteiger partial charge on any atom is 0.264 e. The summed E-state index contributed by atoms with van der Waals surface area (Å²) in [6.45, 7) is 0.789. The number of furan rings is 1. The van der Waals surface area contributed by atoms with Crippen molar-refractivity contribution in [3.63, 3.8) is 0 Å². The molecule has 1 N–H and O–H groups in total. The number of thiophene rings is 1. The molecule has 1 fully saturated rings. The molecule has 1 aliphatic heterocycles. The van der Waals surface area contributed by atoms with Crippen molar-refractivity contribution in [3.8, 4) is 0 Å². The molecule has 2 aromatic rings. The lowest BCUT2D eigenvalue weighted by molar-refractivity contribution is 0.0645. The van der Waals surface area contributed by atoms with Crippen LogP contribution >= 0.6 is 11.3 Å². The Morgan fingerprint density at radius 2 is 2.25 bits per heavy atom. The maximum atomic E-state index is 13.0. The molecule has 2 unspecified atom stereocenters. The van der Waals surface area contributed by atoms with Gasteiger partial charge in [-0.1, -0.05) is 0 Å². The zero-order valence-corrected chi connectivity index (χ0v) is 14.6. The molecule has 24 heavy (non-hydrogen) atoms. The van der Waals surface area contributed by atoms with Crippen molar-refractivity contribution in [2.75, 3.05) is 6.54 Å². The van der Waals surface area contributed by atoms with E-state index in [1.807, 2.05) is 4.90 Å². The van der Waals surface area contributed by atoms with E-state index in [1.54, 1.807) is 29.7 Å². The molecule has 0 spiro atoms. The molecule has 5 heteroatoms. The largest absolute Gasteiger partial charge is 0.467 e. The Bertz CT molecular complexity index is 683. The van der Waals surface area contributed by atoms with Crippen molar-refractivity contribution in [1.29, 1.82) is 0 Å². The van der Waals surface area contributed by atoms with Crippen LogP contribution in [0.25, 0.3) is 0 Å². The van der Waals surface area contributed by atoms with Gasteiger partial charge in [-0.25, -0.2) is 0 Å². The van der Waals surface area contributed by atoms with Gasteiger partial charge in [0.05, 0.1) is 11.1 Å². The van der Waals surface area contributed by atoms with Gasteiger partial charge < -0.3 is 14.4 Å². The summed E-state index contributed by atoms with van der Waals surface area (Å²) >= 11 is 1.68. The molecule has 0 saturated carbocycles. The van der Waals surface area contributed by atoms with E-state index in [0.29, 0.717) is 12.2 Å². The first-order valence-corrected chi connectivity index (χ1v) is 9.68. The Kier molecular flexibility index (Phi) is 4.46. The van der Waals surface area contributed by atoms with E-state index in [9.17, 15) is 9.90 Å². The molecule has 3 heterocycles. The van der Waals surface area contributed by atoms with Crippen LogP contribution in [0.15, 0.2) is 28.9 Å². The number of nitrogens with zero attached hydrogens (tertiary/aromatic N) is 1. The number of aliphatic hydroxyl groups excluding tert-OH is 1. The highest BCUT2D eigenvalue weighted by molar-refractivity contribution is 7.14. The highest BCUT2D eigenvalue weighted by Crippen LogP contribution is 2.33. The fraction of sp³-hybridized carbons (Fsp3) is 0.526. The molecular formula is C19H23NO3S. The fourth-order valence-electron chi connectivity index (χ4n) is 3.94. The summed E-state index contributed by atoms with van der Waals surface area (Å²) in [5.74, 6) is 0.726. The van der Waals surface area contributed by atoms with E-state index in [4.69, 9.17) is 4.42 Å². The molecule has 0 bridgehead atoms. The summed E-state index contributed by atoms with van der Waals surface area (Å²) in [7, 11) is 0. The summed E-state index contributed by atoms with van der Waals surface area (Å²) in [4.78, 5) is 17.2. The number of carbonyl (C=O) groups excluding carboxylic acids is 1. The Morgan fingerprint density at radius 1 is 1.38 bits per heavy atom. The smallest absolute Gasteiger partial charge is 0.264 e. The van der Waals surface area contributed by atoms with Crippen LogP contribution in [0.1, 0.15) is 64.1 Å². The number of rotatable bonds is 4. The average Bonchev–Trinajstić information content (AvgIpc) is 3.33. The predicted molar refractivity (Wildman–Crippen MR) is 93.3 cm³/mol. The second-order valence-electron chi connectivity index (χ2n) is 6.83. The van der Waals surface area contributed by atoms with Gasteiger partial charge in [0.25, 0.3) is 5.91 Å². The number of fused-ring (bicyclic) bond motifs is 1. The molecule has 4 rings (SSSR count). The lowest BCUT2D eigenvalue weighted by atomic mass is 9.99. The minimum atomic E-state index is -0.644. The van der Waals surface area contributed by atoms with Crippen molar-refractivity contribution in [1.82, 2.24) is 4.90 Å². The molecule has 0 aromatic carbocycles. The van der Waals surface area contributed by atoms with Gasteiger partial charge in [0.2, 0.25) is 0 Å². The Hall–Kier alpha value is -1.59. The van der Waals surface area contributed by atoms with Gasteiger partial charge in [-0.2, -0.15) is 0 Å². The van der Waals surface area contributed by atoms with Crippen molar-refractivity contribution in [2.24, 2.45) is 0 Å². The van der Waals surface area contributed by atoms with Gasteiger partial charge in [-0.3, -0.25) is 4.79 Å². The van der Waals surface area contributed by atoms with E-state index in [2.05, 4.69) is 6.07 Å². The standard InChI is InChI=1S/C19H23NO3S/c21-15(16-7-4-10-23-16)12-14-6-3-9-20(14)19(22)18-11-13-5-1-2-8-17(13)24-18/h4,7,10-11,14-15,21H,1-3,5-6,8-9,12H2. The number of carbonyl (C=O) groups is 1. The van der Waals surface area contributed by atoms with Crippen LogP contribution in [0.2, 0.25) is 0 Å². The highest BCUT2D eigenvalue weighted by Gasteiger charge is 2.33. The average molecular weight is 345 g/mol. The number of aryl methyl sites for hydroxylation is 2. The summed E-state index contributed by atoms with van der Waals surface area (Å²) in [5.41, 5.74) is 1.38. The topological polar surface area (TPSA) is 53.7 Å². The van der Waals surface area contributed by atoms with Gasteiger partial charge in [0, 0.05) is 23.9 Å². The van der Waals surface area contributed by atoms with E-state index in [0.717, 1.165) is 37.1 Å². The number of amides is 1. The first kappa shape index (κ1) is 15.9. The number of aliphatic hydroxyl groups is 1. The molecule has 1 aliphatic carbocycles. The number of hydrogen-bond donors (Lipinski definition) is 1. The van der Waals surface area contributed by atoms with Crippen LogP contribution in [0.5, 0.6) is 0 Å². The van der Waals surface area contributed by atoms with E-state index < -0.39 is 6.10 Å². The maximum absolute atomic E-state index is 13.0. The van der Waals surface area contributed by atoms with Crippen LogP contribution in [0.4, 0.5) is 0 Å². The molecule has 2 aromatic heterocycles. The minimum Gasteiger partial charge on any atom is -0.467 e.